The second kappa shape index (κ2) is 6.31. The van der Waals surface area contributed by atoms with Gasteiger partial charge in [0.15, 0.2) is 0 Å². The van der Waals surface area contributed by atoms with E-state index >= 15 is 0 Å². The SMILES string of the molecule is [C-]#[N+]c1ccc(C(=O)OC)c(C(=O)/C=C/N(C)C)n1. The van der Waals surface area contributed by atoms with E-state index in [2.05, 4.69) is 14.6 Å². The summed E-state index contributed by atoms with van der Waals surface area (Å²) in [6.45, 7) is 6.88. The molecular weight excluding hydrogens is 246 g/mol. The quantitative estimate of drug-likeness (QED) is 0.356. The second-order valence-electron chi connectivity index (χ2n) is 3.81. The van der Waals surface area contributed by atoms with Crippen LogP contribution in [-0.2, 0) is 4.74 Å². The first-order chi connectivity index (χ1) is 8.99. The number of pyridine rings is 1. The molecule has 0 saturated carbocycles. The third-order valence-corrected chi connectivity index (χ3v) is 2.16. The van der Waals surface area contributed by atoms with Gasteiger partial charge in [0.1, 0.15) is 5.56 Å². The molecule has 1 rings (SSSR count). The number of nitrogens with zero attached hydrogens (tertiary/aromatic N) is 3. The molecule has 0 aliphatic carbocycles. The highest BCUT2D eigenvalue weighted by Crippen LogP contribution is 2.15. The van der Waals surface area contributed by atoms with Gasteiger partial charge in [0.25, 0.3) is 5.82 Å². The Labute approximate surface area is 111 Å². The molecule has 19 heavy (non-hydrogen) atoms. The molecule has 0 aliphatic heterocycles. The molecule has 0 N–H and O–H groups in total. The average Bonchev–Trinajstić information content (AvgIpc) is 2.43. The summed E-state index contributed by atoms with van der Waals surface area (Å²) in [6.07, 6.45) is 2.82. The van der Waals surface area contributed by atoms with Gasteiger partial charge in [-0.15, -0.1) is 4.98 Å². The minimum atomic E-state index is -0.661. The summed E-state index contributed by atoms with van der Waals surface area (Å²) in [6, 6.07) is 2.73. The lowest BCUT2D eigenvalue weighted by Gasteiger charge is -2.04. The first kappa shape index (κ1) is 14.4. The highest BCUT2D eigenvalue weighted by molar-refractivity contribution is 6.10. The molecule has 0 fully saturated rings. The number of ether oxygens (including phenoxy) is 1. The maximum atomic E-state index is 12.0. The van der Waals surface area contributed by atoms with Crippen molar-refractivity contribution in [2.24, 2.45) is 0 Å². The van der Waals surface area contributed by atoms with Gasteiger partial charge in [-0.2, -0.15) is 0 Å². The van der Waals surface area contributed by atoms with Crippen LogP contribution in [0.25, 0.3) is 4.85 Å². The van der Waals surface area contributed by atoms with Gasteiger partial charge < -0.3 is 14.5 Å². The van der Waals surface area contributed by atoms with Crippen molar-refractivity contribution < 1.29 is 14.3 Å². The Morgan fingerprint density at radius 1 is 1.42 bits per heavy atom. The Bertz CT molecular complexity index is 571. The zero-order valence-electron chi connectivity index (χ0n) is 10.9. The monoisotopic (exact) mass is 259 g/mol. The highest BCUT2D eigenvalue weighted by Gasteiger charge is 2.21. The van der Waals surface area contributed by atoms with E-state index in [1.165, 1.54) is 31.5 Å². The fraction of sp³-hybridized carbons (Fsp3) is 0.231. The molecule has 0 radical (unpaired) electrons. The van der Waals surface area contributed by atoms with E-state index in [1.54, 1.807) is 19.0 Å². The Morgan fingerprint density at radius 2 is 2.11 bits per heavy atom. The fourth-order valence-electron chi connectivity index (χ4n) is 1.27. The van der Waals surface area contributed by atoms with E-state index in [1.807, 2.05) is 0 Å². The average molecular weight is 259 g/mol. The smallest absolute Gasteiger partial charge is 0.342 e. The van der Waals surface area contributed by atoms with Crippen molar-refractivity contribution in [2.75, 3.05) is 21.2 Å². The van der Waals surface area contributed by atoms with E-state index in [0.29, 0.717) is 0 Å². The number of carbonyl (C=O) groups excluding carboxylic acids is 2. The van der Waals surface area contributed by atoms with E-state index in [9.17, 15) is 9.59 Å². The molecule has 1 aromatic heterocycles. The Kier molecular flexibility index (Phi) is 4.77. The van der Waals surface area contributed by atoms with Crippen LogP contribution in [0.3, 0.4) is 0 Å². The predicted molar refractivity (Wildman–Crippen MR) is 69.0 cm³/mol. The van der Waals surface area contributed by atoms with E-state index < -0.39 is 11.8 Å². The molecule has 98 valence electrons. The van der Waals surface area contributed by atoms with Crippen LogP contribution in [0.15, 0.2) is 24.4 Å². The number of esters is 1. The molecule has 1 aromatic rings. The second-order valence-corrected chi connectivity index (χ2v) is 3.81. The van der Waals surface area contributed by atoms with Crippen LogP contribution in [0, 0.1) is 6.57 Å². The molecular formula is C13H13N3O3. The van der Waals surface area contributed by atoms with Crippen LogP contribution in [0.2, 0.25) is 0 Å². The number of carbonyl (C=O) groups is 2. The molecule has 0 atom stereocenters. The van der Waals surface area contributed by atoms with Gasteiger partial charge in [0, 0.05) is 26.4 Å². The number of hydrogen-bond donors (Lipinski definition) is 0. The van der Waals surface area contributed by atoms with Crippen LogP contribution in [-0.4, -0.2) is 42.8 Å². The number of hydrogen-bond acceptors (Lipinski definition) is 5. The number of rotatable bonds is 4. The van der Waals surface area contributed by atoms with Crippen molar-refractivity contribution >= 4 is 17.6 Å². The Balaban J connectivity index is 3.26. The maximum absolute atomic E-state index is 12.0. The minimum absolute atomic E-state index is 0.0447. The molecule has 0 unspecified atom stereocenters. The molecule has 6 heteroatoms. The normalized spacial score (nSPS) is 10.0. The maximum Gasteiger partial charge on any atom is 0.342 e. The van der Waals surface area contributed by atoms with Crippen molar-refractivity contribution in [2.45, 2.75) is 0 Å². The van der Waals surface area contributed by atoms with Crippen LogP contribution >= 0.6 is 0 Å². The van der Waals surface area contributed by atoms with Crippen molar-refractivity contribution in [1.29, 1.82) is 0 Å². The number of ketones is 1. The molecule has 0 saturated heterocycles. The standard InChI is InChI=1S/C13H13N3O3/c1-14-11-6-5-9(13(18)19-4)12(15-11)10(17)7-8-16(2)3/h5-8H,2-4H3/b8-7+. The summed E-state index contributed by atoms with van der Waals surface area (Å²) in [4.78, 5) is 32.2. The summed E-state index contributed by atoms with van der Waals surface area (Å²) in [5, 5.41) is 0. The number of methoxy groups -OCH3 is 1. The zero-order chi connectivity index (χ0) is 14.4. The lowest BCUT2D eigenvalue weighted by molar-refractivity contribution is 0.0597. The van der Waals surface area contributed by atoms with Gasteiger partial charge in [-0.25, -0.2) is 4.79 Å². The molecule has 1 heterocycles. The number of allylic oxidation sites excluding steroid dienone is 1. The summed E-state index contributed by atoms with van der Waals surface area (Å²) >= 11 is 0. The van der Waals surface area contributed by atoms with Crippen molar-refractivity contribution in [3.8, 4) is 0 Å². The molecule has 0 bridgehead atoms. The van der Waals surface area contributed by atoms with Gasteiger partial charge in [-0.1, -0.05) is 12.6 Å². The van der Waals surface area contributed by atoms with Crippen LogP contribution in [0.5, 0.6) is 0 Å². The predicted octanol–water partition coefficient (Wildman–Crippen LogP) is 1.68. The van der Waals surface area contributed by atoms with Crippen molar-refractivity contribution in [3.05, 3.63) is 47.1 Å². The van der Waals surface area contributed by atoms with Crippen LogP contribution in [0.4, 0.5) is 5.82 Å². The third-order valence-electron chi connectivity index (χ3n) is 2.16. The van der Waals surface area contributed by atoms with Gasteiger partial charge in [-0.05, 0) is 6.07 Å². The first-order valence-corrected chi connectivity index (χ1v) is 5.35. The van der Waals surface area contributed by atoms with E-state index in [0.717, 1.165) is 0 Å². The van der Waals surface area contributed by atoms with Gasteiger partial charge in [0.05, 0.1) is 7.11 Å². The Hall–Kier alpha value is -2.68. The summed E-state index contributed by atoms with van der Waals surface area (Å²) in [7, 11) is 4.73. The molecule has 0 amide bonds. The lowest BCUT2D eigenvalue weighted by Crippen LogP contribution is -2.12. The largest absolute Gasteiger partial charge is 0.465 e. The first-order valence-electron chi connectivity index (χ1n) is 5.35. The van der Waals surface area contributed by atoms with E-state index in [4.69, 9.17) is 6.57 Å². The number of aromatic nitrogens is 1. The lowest BCUT2D eigenvalue weighted by atomic mass is 10.1. The van der Waals surface area contributed by atoms with Crippen molar-refractivity contribution in [3.63, 3.8) is 0 Å². The van der Waals surface area contributed by atoms with Crippen molar-refractivity contribution in [1.82, 2.24) is 9.88 Å². The molecule has 6 nitrogen and oxygen atoms in total. The Morgan fingerprint density at radius 3 is 2.63 bits per heavy atom. The summed E-state index contributed by atoms with van der Waals surface area (Å²) < 4.78 is 4.58. The highest BCUT2D eigenvalue weighted by atomic mass is 16.5. The molecule has 0 aromatic carbocycles. The van der Waals surface area contributed by atoms with Crippen LogP contribution < -0.4 is 0 Å². The van der Waals surface area contributed by atoms with Gasteiger partial charge in [0.2, 0.25) is 11.5 Å². The summed E-state index contributed by atoms with van der Waals surface area (Å²) in [5.74, 6) is -1.07. The fourth-order valence-corrected chi connectivity index (χ4v) is 1.27. The third kappa shape index (κ3) is 3.64. The minimum Gasteiger partial charge on any atom is -0.465 e. The van der Waals surface area contributed by atoms with E-state index in [-0.39, 0.29) is 17.1 Å². The van der Waals surface area contributed by atoms with Crippen LogP contribution in [0.1, 0.15) is 20.8 Å². The van der Waals surface area contributed by atoms with Gasteiger partial charge >= 0.3 is 5.97 Å². The zero-order valence-corrected chi connectivity index (χ0v) is 10.9. The summed E-state index contributed by atoms with van der Waals surface area (Å²) in [5.41, 5.74) is -0.0400. The van der Waals surface area contributed by atoms with Gasteiger partial charge in [-0.3, -0.25) is 4.79 Å². The molecule has 0 spiro atoms. The molecule has 0 aliphatic rings. The topological polar surface area (TPSA) is 63.9 Å².